The zero-order valence-corrected chi connectivity index (χ0v) is 12.0. The second-order valence-corrected chi connectivity index (χ2v) is 6.05. The highest BCUT2D eigenvalue weighted by Crippen LogP contribution is 2.33. The van der Waals surface area contributed by atoms with Gasteiger partial charge in [0.1, 0.15) is 0 Å². The summed E-state index contributed by atoms with van der Waals surface area (Å²) >= 11 is 3.52. The fourth-order valence-corrected chi connectivity index (χ4v) is 3.21. The van der Waals surface area contributed by atoms with Crippen LogP contribution in [0.1, 0.15) is 55.8 Å². The van der Waals surface area contributed by atoms with Crippen LogP contribution in [-0.4, -0.2) is 5.11 Å². The van der Waals surface area contributed by atoms with E-state index in [4.69, 9.17) is 0 Å². The van der Waals surface area contributed by atoms with E-state index in [-0.39, 0.29) is 6.10 Å². The molecule has 2 rings (SSSR count). The fourth-order valence-electron chi connectivity index (χ4n) is 2.83. The average molecular weight is 297 g/mol. The molecule has 1 aromatic carbocycles. The SMILES string of the molecule is Cc1c(Br)cccc1C(O)CCC1CCCC1. The molecule has 1 aliphatic carbocycles. The van der Waals surface area contributed by atoms with Crippen LogP contribution in [0.4, 0.5) is 0 Å². The van der Waals surface area contributed by atoms with E-state index in [2.05, 4.69) is 22.9 Å². The van der Waals surface area contributed by atoms with E-state index in [0.29, 0.717) is 0 Å². The van der Waals surface area contributed by atoms with Crippen molar-refractivity contribution < 1.29 is 5.11 Å². The maximum absolute atomic E-state index is 10.3. The molecule has 94 valence electrons. The fraction of sp³-hybridized carbons (Fsp3) is 0.600. The van der Waals surface area contributed by atoms with Crippen molar-refractivity contribution in [1.29, 1.82) is 0 Å². The van der Waals surface area contributed by atoms with Gasteiger partial charge in [-0.05, 0) is 42.9 Å². The molecule has 1 saturated carbocycles. The van der Waals surface area contributed by atoms with Crippen molar-refractivity contribution in [2.45, 2.75) is 51.6 Å². The van der Waals surface area contributed by atoms with Crippen LogP contribution >= 0.6 is 15.9 Å². The molecule has 0 bridgehead atoms. The lowest BCUT2D eigenvalue weighted by molar-refractivity contribution is 0.156. The van der Waals surface area contributed by atoms with Crippen LogP contribution in [0.3, 0.4) is 0 Å². The maximum Gasteiger partial charge on any atom is 0.0793 e. The molecule has 0 aromatic heterocycles. The summed E-state index contributed by atoms with van der Waals surface area (Å²) in [5.74, 6) is 0.858. The lowest BCUT2D eigenvalue weighted by Gasteiger charge is -2.16. The third-order valence-corrected chi connectivity index (χ3v) is 4.85. The van der Waals surface area contributed by atoms with Gasteiger partial charge in [0.05, 0.1) is 6.10 Å². The molecule has 0 amide bonds. The molecule has 1 N–H and O–H groups in total. The number of rotatable bonds is 4. The minimum Gasteiger partial charge on any atom is -0.388 e. The van der Waals surface area contributed by atoms with Gasteiger partial charge >= 0.3 is 0 Å². The third-order valence-electron chi connectivity index (χ3n) is 3.99. The largest absolute Gasteiger partial charge is 0.388 e. The first-order chi connectivity index (χ1) is 8.18. The summed E-state index contributed by atoms with van der Waals surface area (Å²) in [6.07, 6.45) is 7.28. The Labute approximate surface area is 112 Å². The molecule has 0 spiro atoms. The van der Waals surface area contributed by atoms with E-state index in [0.717, 1.165) is 22.4 Å². The normalized spacial score (nSPS) is 18.5. The van der Waals surface area contributed by atoms with Crippen molar-refractivity contribution in [3.8, 4) is 0 Å². The number of hydrogen-bond donors (Lipinski definition) is 1. The Morgan fingerprint density at radius 3 is 2.76 bits per heavy atom. The predicted octanol–water partition coefficient (Wildman–Crippen LogP) is 4.76. The second kappa shape index (κ2) is 6.01. The zero-order chi connectivity index (χ0) is 12.3. The Balaban J connectivity index is 1.94. The highest BCUT2D eigenvalue weighted by molar-refractivity contribution is 9.10. The van der Waals surface area contributed by atoms with Gasteiger partial charge in [-0.3, -0.25) is 0 Å². The van der Waals surface area contributed by atoms with E-state index in [1.165, 1.54) is 37.7 Å². The van der Waals surface area contributed by atoms with Gasteiger partial charge in [-0.2, -0.15) is 0 Å². The van der Waals surface area contributed by atoms with Gasteiger partial charge in [0, 0.05) is 4.47 Å². The highest BCUT2D eigenvalue weighted by atomic mass is 79.9. The molecular formula is C15H21BrO. The monoisotopic (exact) mass is 296 g/mol. The number of aliphatic hydroxyl groups is 1. The highest BCUT2D eigenvalue weighted by Gasteiger charge is 2.18. The average Bonchev–Trinajstić information content (AvgIpc) is 2.82. The Bertz CT molecular complexity index is 369. The molecule has 0 heterocycles. The van der Waals surface area contributed by atoms with Crippen molar-refractivity contribution in [2.24, 2.45) is 5.92 Å². The minimum absolute atomic E-state index is 0.298. The van der Waals surface area contributed by atoms with E-state index < -0.39 is 0 Å². The van der Waals surface area contributed by atoms with E-state index in [1.807, 2.05) is 18.2 Å². The summed E-state index contributed by atoms with van der Waals surface area (Å²) in [6, 6.07) is 6.08. The van der Waals surface area contributed by atoms with Crippen LogP contribution < -0.4 is 0 Å². The standard InChI is InChI=1S/C15H21BrO/c1-11-13(7-4-8-14(11)16)15(17)10-9-12-5-2-3-6-12/h4,7-8,12,15,17H,2-3,5-6,9-10H2,1H3. The van der Waals surface area contributed by atoms with E-state index in [1.54, 1.807) is 0 Å². The third kappa shape index (κ3) is 3.32. The van der Waals surface area contributed by atoms with Gasteiger partial charge in [0.15, 0.2) is 0 Å². The van der Waals surface area contributed by atoms with Crippen LogP contribution in [0, 0.1) is 12.8 Å². The van der Waals surface area contributed by atoms with Crippen molar-refractivity contribution in [3.05, 3.63) is 33.8 Å². The number of halogens is 1. The van der Waals surface area contributed by atoms with Gasteiger partial charge < -0.3 is 5.11 Å². The molecule has 0 saturated heterocycles. The van der Waals surface area contributed by atoms with E-state index in [9.17, 15) is 5.11 Å². The van der Waals surface area contributed by atoms with Crippen molar-refractivity contribution in [3.63, 3.8) is 0 Å². The van der Waals surface area contributed by atoms with Crippen LogP contribution in [-0.2, 0) is 0 Å². The van der Waals surface area contributed by atoms with Crippen LogP contribution in [0.25, 0.3) is 0 Å². The predicted molar refractivity (Wildman–Crippen MR) is 75.0 cm³/mol. The van der Waals surface area contributed by atoms with Crippen molar-refractivity contribution in [2.75, 3.05) is 0 Å². The first kappa shape index (κ1) is 13.1. The molecule has 0 radical (unpaired) electrons. The molecule has 1 fully saturated rings. The molecule has 0 aliphatic heterocycles. The molecule has 1 atom stereocenters. The molecule has 1 aliphatic rings. The van der Waals surface area contributed by atoms with Crippen molar-refractivity contribution in [1.82, 2.24) is 0 Å². The second-order valence-electron chi connectivity index (χ2n) is 5.20. The van der Waals surface area contributed by atoms with Gasteiger partial charge in [0.25, 0.3) is 0 Å². The molecule has 17 heavy (non-hydrogen) atoms. The summed E-state index contributed by atoms with van der Waals surface area (Å²) in [7, 11) is 0. The van der Waals surface area contributed by atoms with Gasteiger partial charge in [-0.1, -0.05) is 53.7 Å². The van der Waals surface area contributed by atoms with Crippen LogP contribution in [0.5, 0.6) is 0 Å². The summed E-state index contributed by atoms with van der Waals surface area (Å²) in [6.45, 7) is 2.07. The number of benzene rings is 1. The zero-order valence-electron chi connectivity index (χ0n) is 10.5. The minimum atomic E-state index is -0.298. The van der Waals surface area contributed by atoms with Gasteiger partial charge in [0.2, 0.25) is 0 Å². The topological polar surface area (TPSA) is 20.2 Å². The Kier molecular flexibility index (Phi) is 4.63. The van der Waals surface area contributed by atoms with Gasteiger partial charge in [-0.25, -0.2) is 0 Å². The maximum atomic E-state index is 10.3. The number of aliphatic hydroxyl groups excluding tert-OH is 1. The first-order valence-electron chi connectivity index (χ1n) is 6.61. The van der Waals surface area contributed by atoms with Gasteiger partial charge in [-0.15, -0.1) is 0 Å². The Morgan fingerprint density at radius 1 is 1.35 bits per heavy atom. The summed E-state index contributed by atoms with van der Waals surface area (Å²) in [5, 5.41) is 10.3. The summed E-state index contributed by atoms with van der Waals surface area (Å²) in [4.78, 5) is 0. The number of hydrogen-bond acceptors (Lipinski definition) is 1. The molecule has 1 nitrogen and oxygen atoms in total. The molecule has 1 aromatic rings. The van der Waals surface area contributed by atoms with Crippen molar-refractivity contribution >= 4 is 15.9 Å². The Hall–Kier alpha value is -0.340. The van der Waals surface area contributed by atoms with Crippen LogP contribution in [0.15, 0.2) is 22.7 Å². The molecule has 2 heteroatoms. The quantitative estimate of drug-likeness (QED) is 0.849. The van der Waals surface area contributed by atoms with Crippen LogP contribution in [0.2, 0.25) is 0 Å². The summed E-state index contributed by atoms with van der Waals surface area (Å²) < 4.78 is 1.09. The molecular weight excluding hydrogens is 276 g/mol. The smallest absolute Gasteiger partial charge is 0.0793 e. The lowest BCUT2D eigenvalue weighted by Crippen LogP contribution is -2.03. The van der Waals surface area contributed by atoms with E-state index >= 15 is 0 Å². The molecule has 1 unspecified atom stereocenters. The first-order valence-corrected chi connectivity index (χ1v) is 7.41. The summed E-state index contributed by atoms with van der Waals surface area (Å²) in [5.41, 5.74) is 2.25. The lowest BCUT2D eigenvalue weighted by atomic mass is 9.94. The Morgan fingerprint density at radius 2 is 2.06 bits per heavy atom.